The summed E-state index contributed by atoms with van der Waals surface area (Å²) in [7, 11) is 0. The zero-order valence-electron chi connectivity index (χ0n) is 11.9. The number of morpholine rings is 1. The fourth-order valence-electron chi connectivity index (χ4n) is 2.47. The molecular formula is C15H20N2O3S. The molecule has 3 N–H and O–H groups in total. The maximum atomic E-state index is 12.8. The van der Waals surface area contributed by atoms with Crippen LogP contribution in [0.4, 0.5) is 0 Å². The molecule has 3 unspecified atom stereocenters. The first-order chi connectivity index (χ1) is 10.0. The van der Waals surface area contributed by atoms with Crippen LogP contribution < -0.4 is 5.73 Å². The number of nitrogens with two attached hydrogens (primary N) is 1. The second-order valence-corrected chi connectivity index (χ2v) is 5.70. The Morgan fingerprint density at radius 2 is 2.19 bits per heavy atom. The highest BCUT2D eigenvalue weighted by atomic mass is 32.1. The van der Waals surface area contributed by atoms with Gasteiger partial charge in [0, 0.05) is 6.54 Å². The van der Waals surface area contributed by atoms with Crippen LogP contribution in [0, 0.1) is 0 Å². The van der Waals surface area contributed by atoms with Gasteiger partial charge in [-0.1, -0.05) is 42.5 Å². The Morgan fingerprint density at radius 3 is 2.76 bits per heavy atom. The molecule has 21 heavy (non-hydrogen) atoms. The van der Waals surface area contributed by atoms with Gasteiger partial charge in [-0.25, -0.2) is 0 Å². The molecule has 0 radical (unpaired) electrons. The number of carbonyl (C=O) groups is 1. The van der Waals surface area contributed by atoms with Crippen LogP contribution in [0.15, 0.2) is 30.3 Å². The lowest BCUT2D eigenvalue weighted by molar-refractivity contribution is -0.146. The molecule has 5 nitrogen and oxygen atoms in total. The number of nitrogens with zero attached hydrogens (tertiary/aromatic N) is 1. The van der Waals surface area contributed by atoms with E-state index in [1.165, 1.54) is 0 Å². The number of benzene rings is 1. The van der Waals surface area contributed by atoms with Gasteiger partial charge in [0.25, 0.3) is 0 Å². The Balaban J connectivity index is 2.24. The number of carbonyl (C=O) groups excluding carboxylic acids is 1. The molecule has 1 amide bonds. The summed E-state index contributed by atoms with van der Waals surface area (Å²) in [5, 5.41) is 9.23. The van der Waals surface area contributed by atoms with Crippen LogP contribution in [0.5, 0.6) is 0 Å². The summed E-state index contributed by atoms with van der Waals surface area (Å²) in [5.41, 5.74) is 6.58. The van der Waals surface area contributed by atoms with Crippen molar-refractivity contribution in [2.45, 2.75) is 25.0 Å². The average Bonchev–Trinajstić information content (AvgIpc) is 2.48. The Bertz CT molecular complexity index is 509. The molecule has 1 aromatic carbocycles. The molecule has 0 spiro atoms. The van der Waals surface area contributed by atoms with E-state index < -0.39 is 5.92 Å². The van der Waals surface area contributed by atoms with Gasteiger partial charge in [-0.05, 0) is 12.5 Å². The minimum Gasteiger partial charge on any atom is -0.394 e. The first kappa shape index (κ1) is 15.9. The van der Waals surface area contributed by atoms with Crippen LogP contribution in [-0.2, 0) is 9.53 Å². The van der Waals surface area contributed by atoms with E-state index in [1.807, 2.05) is 37.3 Å². The normalized spacial score (nSPS) is 23.6. The molecule has 1 aliphatic rings. The van der Waals surface area contributed by atoms with E-state index in [0.717, 1.165) is 5.56 Å². The number of thiocarbonyl (C=S) groups is 1. The summed E-state index contributed by atoms with van der Waals surface area (Å²) in [4.78, 5) is 14.7. The van der Waals surface area contributed by atoms with Crippen molar-refractivity contribution in [1.82, 2.24) is 4.90 Å². The first-order valence-electron chi connectivity index (χ1n) is 6.91. The van der Waals surface area contributed by atoms with E-state index in [-0.39, 0.29) is 29.6 Å². The predicted molar refractivity (Wildman–Crippen MR) is 84.0 cm³/mol. The number of aliphatic hydroxyl groups is 1. The van der Waals surface area contributed by atoms with E-state index >= 15 is 0 Å². The molecule has 0 aliphatic carbocycles. The maximum Gasteiger partial charge on any atom is 0.237 e. The van der Waals surface area contributed by atoms with Crippen molar-refractivity contribution in [3.63, 3.8) is 0 Å². The average molecular weight is 308 g/mol. The van der Waals surface area contributed by atoms with Crippen LogP contribution in [0.25, 0.3) is 0 Å². The zero-order chi connectivity index (χ0) is 15.4. The molecule has 1 saturated heterocycles. The third kappa shape index (κ3) is 3.58. The third-order valence-electron chi connectivity index (χ3n) is 3.66. The Kier molecular flexibility index (Phi) is 5.27. The summed E-state index contributed by atoms with van der Waals surface area (Å²) < 4.78 is 5.46. The Labute approximate surface area is 129 Å². The molecule has 3 atom stereocenters. The Morgan fingerprint density at radius 1 is 1.52 bits per heavy atom. The van der Waals surface area contributed by atoms with Gasteiger partial charge < -0.3 is 20.5 Å². The summed E-state index contributed by atoms with van der Waals surface area (Å²) in [6.07, 6.45) is -0.354. The standard InChI is InChI=1S/C15H20N2O3S/c1-10-9-20-12(8-18)7-17(10)15(19)13(14(16)21)11-5-3-2-4-6-11/h2-6,10,12-13,18H,7-9H2,1H3,(H2,16,21). The SMILES string of the molecule is CC1COC(CO)CN1C(=O)C(C(N)=S)c1ccccc1. The van der Waals surface area contributed by atoms with Gasteiger partial charge in [-0.2, -0.15) is 0 Å². The molecule has 1 fully saturated rings. The van der Waals surface area contributed by atoms with Crippen molar-refractivity contribution in [2.75, 3.05) is 19.8 Å². The van der Waals surface area contributed by atoms with E-state index in [1.54, 1.807) is 4.90 Å². The molecule has 1 heterocycles. The molecule has 0 saturated carbocycles. The van der Waals surface area contributed by atoms with Gasteiger partial charge in [0.2, 0.25) is 5.91 Å². The summed E-state index contributed by atoms with van der Waals surface area (Å²) >= 11 is 5.09. The molecule has 1 aliphatic heterocycles. The lowest BCUT2D eigenvalue weighted by Gasteiger charge is -2.39. The molecule has 2 rings (SSSR count). The topological polar surface area (TPSA) is 75.8 Å². The number of hydrogen-bond acceptors (Lipinski definition) is 4. The zero-order valence-corrected chi connectivity index (χ0v) is 12.8. The number of amides is 1. The van der Waals surface area contributed by atoms with Crippen LogP contribution in [0.1, 0.15) is 18.4 Å². The minimum atomic E-state index is -0.638. The molecule has 6 heteroatoms. The van der Waals surface area contributed by atoms with Gasteiger partial charge in [0.05, 0.1) is 30.3 Å². The fourth-order valence-corrected chi connectivity index (χ4v) is 2.71. The summed E-state index contributed by atoms with van der Waals surface area (Å²) in [5.74, 6) is -0.774. The van der Waals surface area contributed by atoms with E-state index in [2.05, 4.69) is 0 Å². The number of aliphatic hydroxyl groups excluding tert-OH is 1. The lowest BCUT2D eigenvalue weighted by atomic mass is 9.96. The summed E-state index contributed by atoms with van der Waals surface area (Å²) in [6.45, 7) is 2.55. The van der Waals surface area contributed by atoms with Gasteiger partial charge >= 0.3 is 0 Å². The lowest BCUT2D eigenvalue weighted by Crippen LogP contribution is -2.54. The Hall–Kier alpha value is -1.50. The predicted octanol–water partition coefficient (Wildman–Crippen LogP) is 0.664. The molecule has 1 aromatic rings. The van der Waals surface area contributed by atoms with Gasteiger partial charge in [0.1, 0.15) is 5.92 Å². The second-order valence-electron chi connectivity index (χ2n) is 5.22. The highest BCUT2D eigenvalue weighted by molar-refractivity contribution is 7.80. The van der Waals surface area contributed by atoms with Crippen molar-refractivity contribution >= 4 is 23.1 Å². The quantitative estimate of drug-likeness (QED) is 0.800. The number of rotatable bonds is 4. The number of ether oxygens (including phenoxy) is 1. The van der Waals surface area contributed by atoms with Crippen molar-refractivity contribution in [1.29, 1.82) is 0 Å². The maximum absolute atomic E-state index is 12.8. The van der Waals surface area contributed by atoms with Crippen LogP contribution in [0.2, 0.25) is 0 Å². The molecule has 114 valence electrons. The molecular weight excluding hydrogens is 288 g/mol. The highest BCUT2D eigenvalue weighted by Crippen LogP contribution is 2.22. The largest absolute Gasteiger partial charge is 0.394 e. The molecule has 0 bridgehead atoms. The monoisotopic (exact) mass is 308 g/mol. The van der Waals surface area contributed by atoms with E-state index in [0.29, 0.717) is 13.2 Å². The first-order valence-corrected chi connectivity index (χ1v) is 7.32. The van der Waals surface area contributed by atoms with Crippen molar-refractivity contribution in [3.8, 4) is 0 Å². The highest BCUT2D eigenvalue weighted by Gasteiger charge is 2.35. The van der Waals surface area contributed by atoms with E-state index in [4.69, 9.17) is 22.7 Å². The van der Waals surface area contributed by atoms with Crippen LogP contribution in [-0.4, -0.2) is 52.8 Å². The molecule has 0 aromatic heterocycles. The van der Waals surface area contributed by atoms with Gasteiger partial charge in [-0.15, -0.1) is 0 Å². The third-order valence-corrected chi connectivity index (χ3v) is 3.89. The smallest absolute Gasteiger partial charge is 0.237 e. The van der Waals surface area contributed by atoms with Crippen molar-refractivity contribution in [2.24, 2.45) is 5.73 Å². The second kappa shape index (κ2) is 6.98. The van der Waals surface area contributed by atoms with Gasteiger partial charge in [-0.3, -0.25) is 4.79 Å². The number of hydrogen-bond donors (Lipinski definition) is 2. The van der Waals surface area contributed by atoms with E-state index in [9.17, 15) is 9.90 Å². The summed E-state index contributed by atoms with van der Waals surface area (Å²) in [6, 6.07) is 9.21. The van der Waals surface area contributed by atoms with Crippen LogP contribution in [0.3, 0.4) is 0 Å². The minimum absolute atomic E-state index is 0.0686. The van der Waals surface area contributed by atoms with Crippen molar-refractivity contribution < 1.29 is 14.6 Å². The van der Waals surface area contributed by atoms with Crippen molar-refractivity contribution in [3.05, 3.63) is 35.9 Å². The fraction of sp³-hybridized carbons (Fsp3) is 0.467. The van der Waals surface area contributed by atoms with Crippen LogP contribution >= 0.6 is 12.2 Å². The van der Waals surface area contributed by atoms with Gasteiger partial charge in [0.15, 0.2) is 0 Å².